The average Bonchev–Trinajstić information content (AvgIpc) is 2.82. The van der Waals surface area contributed by atoms with Crippen molar-refractivity contribution in [2.75, 3.05) is 46.3 Å². The van der Waals surface area contributed by atoms with E-state index in [1.165, 1.54) is 58.5 Å². The molecule has 0 aromatic rings. The van der Waals surface area contributed by atoms with Crippen LogP contribution in [0, 0.1) is 0 Å². The van der Waals surface area contributed by atoms with Crippen LogP contribution >= 0.6 is 0 Å². The molecule has 100 valence electrons. The molecule has 0 saturated carbocycles. The van der Waals surface area contributed by atoms with E-state index in [1.54, 1.807) is 0 Å². The summed E-state index contributed by atoms with van der Waals surface area (Å²) in [6.45, 7) is 12.3. The molecule has 2 aliphatic heterocycles. The molecule has 0 unspecified atom stereocenters. The summed E-state index contributed by atoms with van der Waals surface area (Å²) in [6.07, 6.45) is 4.10. The number of nitrogens with zero attached hydrogens (tertiary/aromatic N) is 3. The number of piperazine rings is 1. The Morgan fingerprint density at radius 3 is 2.29 bits per heavy atom. The van der Waals surface area contributed by atoms with Crippen molar-refractivity contribution in [2.45, 2.75) is 45.2 Å². The maximum Gasteiger partial charge on any atom is 0.0350 e. The highest BCUT2D eigenvalue weighted by Crippen LogP contribution is 2.18. The third-order valence-corrected chi connectivity index (χ3v) is 4.63. The van der Waals surface area contributed by atoms with Gasteiger partial charge in [0.1, 0.15) is 0 Å². The van der Waals surface area contributed by atoms with Crippen molar-refractivity contribution < 1.29 is 0 Å². The summed E-state index contributed by atoms with van der Waals surface area (Å²) in [4.78, 5) is 7.94. The van der Waals surface area contributed by atoms with Gasteiger partial charge >= 0.3 is 0 Å². The van der Waals surface area contributed by atoms with E-state index in [2.05, 4.69) is 35.6 Å². The molecular weight excluding hydrogens is 210 g/mol. The molecular formula is C14H29N3. The highest BCUT2D eigenvalue weighted by atomic mass is 15.3. The summed E-state index contributed by atoms with van der Waals surface area (Å²) < 4.78 is 0. The number of likely N-dealkylation sites (N-methyl/N-ethyl adjacent to an activating group) is 2. The van der Waals surface area contributed by atoms with Crippen LogP contribution in [-0.2, 0) is 0 Å². The summed E-state index contributed by atoms with van der Waals surface area (Å²) in [7, 11) is 2.30. The average molecular weight is 239 g/mol. The Kier molecular flexibility index (Phi) is 4.83. The number of rotatable bonds is 4. The molecule has 2 aliphatic rings. The zero-order valence-electron chi connectivity index (χ0n) is 11.9. The number of hydrogen-bond acceptors (Lipinski definition) is 3. The Morgan fingerprint density at radius 2 is 1.71 bits per heavy atom. The molecule has 0 spiro atoms. The Balaban J connectivity index is 1.90. The van der Waals surface area contributed by atoms with E-state index < -0.39 is 0 Å². The quantitative estimate of drug-likeness (QED) is 0.736. The molecule has 0 N–H and O–H groups in total. The van der Waals surface area contributed by atoms with E-state index in [4.69, 9.17) is 0 Å². The van der Waals surface area contributed by atoms with Crippen LogP contribution in [0.15, 0.2) is 0 Å². The highest BCUT2D eigenvalue weighted by molar-refractivity contribution is 4.88. The summed E-state index contributed by atoms with van der Waals surface area (Å²) in [5, 5.41) is 0. The zero-order chi connectivity index (χ0) is 12.3. The van der Waals surface area contributed by atoms with E-state index in [0.717, 1.165) is 12.1 Å². The van der Waals surface area contributed by atoms with Crippen molar-refractivity contribution in [2.24, 2.45) is 0 Å². The van der Waals surface area contributed by atoms with Crippen molar-refractivity contribution in [3.63, 3.8) is 0 Å². The molecule has 0 aromatic heterocycles. The van der Waals surface area contributed by atoms with Gasteiger partial charge in [0.2, 0.25) is 0 Å². The van der Waals surface area contributed by atoms with Crippen LogP contribution in [0.4, 0.5) is 0 Å². The van der Waals surface area contributed by atoms with Gasteiger partial charge in [0.25, 0.3) is 0 Å². The molecule has 3 nitrogen and oxygen atoms in total. The summed E-state index contributed by atoms with van der Waals surface area (Å²) >= 11 is 0. The molecule has 2 fully saturated rings. The maximum absolute atomic E-state index is 2.70. The predicted octanol–water partition coefficient (Wildman–Crippen LogP) is 1.50. The van der Waals surface area contributed by atoms with Crippen LogP contribution in [-0.4, -0.2) is 73.1 Å². The molecule has 0 radical (unpaired) electrons. The minimum Gasteiger partial charge on any atom is -0.302 e. The van der Waals surface area contributed by atoms with Gasteiger partial charge in [0.05, 0.1) is 0 Å². The van der Waals surface area contributed by atoms with Crippen molar-refractivity contribution >= 4 is 0 Å². The molecule has 2 heterocycles. The number of likely N-dealkylation sites (tertiary alicyclic amines) is 1. The second kappa shape index (κ2) is 6.17. The van der Waals surface area contributed by atoms with Gasteiger partial charge in [-0.15, -0.1) is 0 Å². The van der Waals surface area contributed by atoms with Crippen LogP contribution in [0.2, 0.25) is 0 Å². The minimum atomic E-state index is 0.755. The van der Waals surface area contributed by atoms with E-state index in [9.17, 15) is 0 Å². The Labute approximate surface area is 107 Å². The summed E-state index contributed by atoms with van der Waals surface area (Å²) in [5.74, 6) is 0. The zero-order valence-corrected chi connectivity index (χ0v) is 11.9. The third-order valence-electron chi connectivity index (χ3n) is 4.63. The predicted molar refractivity (Wildman–Crippen MR) is 73.4 cm³/mol. The molecule has 0 aliphatic carbocycles. The van der Waals surface area contributed by atoms with Gasteiger partial charge in [-0.2, -0.15) is 0 Å². The Hall–Kier alpha value is -0.120. The molecule has 2 saturated heterocycles. The Bertz CT molecular complexity index is 226. The smallest absolute Gasteiger partial charge is 0.0350 e. The van der Waals surface area contributed by atoms with Gasteiger partial charge in [-0.3, -0.25) is 4.90 Å². The Morgan fingerprint density at radius 1 is 1.00 bits per heavy atom. The van der Waals surface area contributed by atoms with Crippen molar-refractivity contribution in [3.8, 4) is 0 Å². The fourth-order valence-electron chi connectivity index (χ4n) is 3.42. The van der Waals surface area contributed by atoms with Gasteiger partial charge in [0, 0.05) is 31.7 Å². The lowest BCUT2D eigenvalue weighted by Crippen LogP contribution is -2.59. The summed E-state index contributed by atoms with van der Waals surface area (Å²) in [6, 6.07) is 1.52. The molecule has 3 heteroatoms. The maximum atomic E-state index is 2.70. The van der Waals surface area contributed by atoms with Crippen molar-refractivity contribution in [1.82, 2.24) is 14.7 Å². The molecule has 2 rings (SSSR count). The molecule has 0 amide bonds. The monoisotopic (exact) mass is 239 g/mol. The first-order chi connectivity index (χ1) is 8.24. The van der Waals surface area contributed by atoms with Crippen LogP contribution in [0.3, 0.4) is 0 Å². The van der Waals surface area contributed by atoms with E-state index in [0.29, 0.717) is 0 Å². The standard InChI is InChI=1S/C14H29N3/c1-4-13-12-17(5-2)14(10-15(13)3)11-16-8-6-7-9-16/h13-14H,4-12H2,1-3H3/t13-,14+/m1/s1. The topological polar surface area (TPSA) is 9.72 Å². The van der Waals surface area contributed by atoms with E-state index >= 15 is 0 Å². The third kappa shape index (κ3) is 3.21. The largest absolute Gasteiger partial charge is 0.302 e. The van der Waals surface area contributed by atoms with E-state index in [-0.39, 0.29) is 0 Å². The van der Waals surface area contributed by atoms with Gasteiger partial charge < -0.3 is 9.80 Å². The van der Waals surface area contributed by atoms with Crippen LogP contribution in [0.25, 0.3) is 0 Å². The van der Waals surface area contributed by atoms with Crippen LogP contribution in [0.1, 0.15) is 33.1 Å². The molecule has 0 bridgehead atoms. The first-order valence-corrected chi connectivity index (χ1v) is 7.41. The van der Waals surface area contributed by atoms with Gasteiger partial charge in [-0.05, 0) is 45.9 Å². The van der Waals surface area contributed by atoms with Crippen molar-refractivity contribution in [3.05, 3.63) is 0 Å². The second-order valence-corrected chi connectivity index (χ2v) is 5.75. The fraction of sp³-hybridized carbons (Fsp3) is 1.00. The second-order valence-electron chi connectivity index (χ2n) is 5.75. The van der Waals surface area contributed by atoms with Crippen LogP contribution < -0.4 is 0 Å². The van der Waals surface area contributed by atoms with Gasteiger partial charge in [-0.1, -0.05) is 13.8 Å². The SMILES string of the molecule is CC[C@@H]1CN(CC)[C@H](CN2CCCC2)CN1C. The lowest BCUT2D eigenvalue weighted by molar-refractivity contribution is 0.0315. The summed E-state index contributed by atoms with van der Waals surface area (Å²) in [5.41, 5.74) is 0. The van der Waals surface area contributed by atoms with Gasteiger partial charge in [0.15, 0.2) is 0 Å². The van der Waals surface area contributed by atoms with Crippen molar-refractivity contribution in [1.29, 1.82) is 0 Å². The first-order valence-electron chi connectivity index (χ1n) is 7.41. The number of hydrogen-bond donors (Lipinski definition) is 0. The molecule has 0 aromatic carbocycles. The molecule has 2 atom stereocenters. The fourth-order valence-corrected chi connectivity index (χ4v) is 3.42. The van der Waals surface area contributed by atoms with E-state index in [1.807, 2.05) is 0 Å². The molecule has 17 heavy (non-hydrogen) atoms. The highest BCUT2D eigenvalue weighted by Gasteiger charge is 2.31. The van der Waals surface area contributed by atoms with Gasteiger partial charge in [-0.25, -0.2) is 0 Å². The first kappa shape index (κ1) is 13.3. The lowest BCUT2D eigenvalue weighted by Gasteiger charge is -2.45. The lowest BCUT2D eigenvalue weighted by atomic mass is 10.0. The van der Waals surface area contributed by atoms with Crippen LogP contribution in [0.5, 0.6) is 0 Å². The minimum absolute atomic E-state index is 0.755. The normalized spacial score (nSPS) is 33.4.